The standard InChI is InChI=1S/C17H25N3O2/c1-2-22-17(21)14-7-9-20(10-8-14)16-12-18-11-15(19-16)6-5-13-3-4-13/h11-14H,2-10H2,1H3. The second kappa shape index (κ2) is 7.07. The van der Waals surface area contributed by atoms with E-state index in [4.69, 9.17) is 9.72 Å². The highest BCUT2D eigenvalue weighted by molar-refractivity contribution is 5.72. The Bertz CT molecular complexity index is 508. The number of hydrogen-bond acceptors (Lipinski definition) is 5. The molecule has 1 aromatic heterocycles. The summed E-state index contributed by atoms with van der Waals surface area (Å²) in [6, 6.07) is 0. The van der Waals surface area contributed by atoms with Crippen molar-refractivity contribution in [3.63, 3.8) is 0 Å². The van der Waals surface area contributed by atoms with E-state index in [9.17, 15) is 4.79 Å². The van der Waals surface area contributed by atoms with E-state index in [1.165, 1.54) is 19.3 Å². The van der Waals surface area contributed by atoms with Crippen LogP contribution < -0.4 is 4.90 Å². The van der Waals surface area contributed by atoms with E-state index in [1.807, 2.05) is 19.3 Å². The van der Waals surface area contributed by atoms with Crippen LogP contribution in [0.1, 0.15) is 44.7 Å². The van der Waals surface area contributed by atoms with Gasteiger partial charge in [0.25, 0.3) is 0 Å². The minimum Gasteiger partial charge on any atom is -0.466 e. The molecule has 1 saturated heterocycles. The Morgan fingerprint density at radius 1 is 1.27 bits per heavy atom. The maximum atomic E-state index is 11.8. The molecule has 120 valence electrons. The van der Waals surface area contributed by atoms with Crippen molar-refractivity contribution in [1.82, 2.24) is 9.97 Å². The maximum absolute atomic E-state index is 11.8. The number of carbonyl (C=O) groups is 1. The molecule has 0 unspecified atom stereocenters. The quantitative estimate of drug-likeness (QED) is 0.756. The summed E-state index contributed by atoms with van der Waals surface area (Å²) in [7, 11) is 0. The highest BCUT2D eigenvalue weighted by Crippen LogP contribution is 2.33. The fraction of sp³-hybridized carbons (Fsp3) is 0.706. The molecule has 1 aliphatic heterocycles. The summed E-state index contributed by atoms with van der Waals surface area (Å²) < 4.78 is 5.12. The first-order valence-corrected chi connectivity index (χ1v) is 8.48. The number of rotatable bonds is 6. The van der Waals surface area contributed by atoms with Gasteiger partial charge in [-0.1, -0.05) is 12.8 Å². The first-order chi connectivity index (χ1) is 10.8. The molecular formula is C17H25N3O2. The van der Waals surface area contributed by atoms with Gasteiger partial charge in [-0.2, -0.15) is 0 Å². The van der Waals surface area contributed by atoms with E-state index in [1.54, 1.807) is 0 Å². The maximum Gasteiger partial charge on any atom is 0.309 e. The predicted molar refractivity (Wildman–Crippen MR) is 84.6 cm³/mol. The van der Waals surface area contributed by atoms with Gasteiger partial charge in [-0.25, -0.2) is 4.98 Å². The average molecular weight is 303 g/mol. The minimum atomic E-state index is -0.0496. The second-order valence-electron chi connectivity index (χ2n) is 6.36. The van der Waals surface area contributed by atoms with Crippen LogP contribution in [0.15, 0.2) is 12.4 Å². The topological polar surface area (TPSA) is 55.3 Å². The number of piperidine rings is 1. The van der Waals surface area contributed by atoms with Gasteiger partial charge in [-0.05, 0) is 38.5 Å². The third-order valence-corrected chi connectivity index (χ3v) is 4.62. The van der Waals surface area contributed by atoms with E-state index < -0.39 is 0 Å². The lowest BCUT2D eigenvalue weighted by Gasteiger charge is -2.31. The van der Waals surface area contributed by atoms with Gasteiger partial charge < -0.3 is 9.64 Å². The first-order valence-electron chi connectivity index (χ1n) is 8.48. The molecular weight excluding hydrogens is 278 g/mol. The van der Waals surface area contributed by atoms with Gasteiger partial charge in [0.1, 0.15) is 5.82 Å². The monoisotopic (exact) mass is 303 g/mol. The largest absolute Gasteiger partial charge is 0.466 e. The fourth-order valence-corrected chi connectivity index (χ4v) is 3.03. The molecule has 3 rings (SSSR count). The molecule has 0 amide bonds. The van der Waals surface area contributed by atoms with Crippen LogP contribution in [-0.2, 0) is 16.0 Å². The lowest BCUT2D eigenvalue weighted by molar-refractivity contribution is -0.148. The summed E-state index contributed by atoms with van der Waals surface area (Å²) in [5.41, 5.74) is 1.09. The van der Waals surface area contributed by atoms with Gasteiger partial charge in [0.05, 0.1) is 24.4 Å². The summed E-state index contributed by atoms with van der Waals surface area (Å²) in [5.74, 6) is 1.87. The summed E-state index contributed by atoms with van der Waals surface area (Å²) in [5, 5.41) is 0. The molecule has 2 fully saturated rings. The zero-order valence-corrected chi connectivity index (χ0v) is 13.3. The Labute approximate surface area is 132 Å². The van der Waals surface area contributed by atoms with Gasteiger partial charge in [0, 0.05) is 19.3 Å². The molecule has 22 heavy (non-hydrogen) atoms. The SMILES string of the molecule is CCOC(=O)C1CCN(c2cncc(CCC3CC3)n2)CC1. The number of hydrogen-bond donors (Lipinski definition) is 0. The normalized spacial score (nSPS) is 19.2. The number of anilines is 1. The van der Waals surface area contributed by atoms with E-state index in [0.29, 0.717) is 6.61 Å². The van der Waals surface area contributed by atoms with Crippen LogP contribution in [-0.4, -0.2) is 35.6 Å². The van der Waals surface area contributed by atoms with Gasteiger partial charge in [-0.3, -0.25) is 9.78 Å². The summed E-state index contributed by atoms with van der Waals surface area (Å²) in [6.07, 6.45) is 10.4. The lowest BCUT2D eigenvalue weighted by atomic mass is 9.97. The summed E-state index contributed by atoms with van der Waals surface area (Å²) >= 11 is 0. The molecule has 0 spiro atoms. The summed E-state index contributed by atoms with van der Waals surface area (Å²) in [4.78, 5) is 23.1. The Morgan fingerprint density at radius 2 is 2.05 bits per heavy atom. The van der Waals surface area contributed by atoms with Gasteiger partial charge in [-0.15, -0.1) is 0 Å². The smallest absolute Gasteiger partial charge is 0.309 e. The van der Waals surface area contributed by atoms with Crippen molar-refractivity contribution < 1.29 is 9.53 Å². The molecule has 1 saturated carbocycles. The molecule has 5 nitrogen and oxygen atoms in total. The van der Waals surface area contributed by atoms with E-state index in [-0.39, 0.29) is 11.9 Å². The van der Waals surface area contributed by atoms with Crippen molar-refractivity contribution in [2.45, 2.75) is 45.4 Å². The molecule has 0 N–H and O–H groups in total. The third-order valence-electron chi connectivity index (χ3n) is 4.62. The van der Waals surface area contributed by atoms with Gasteiger partial charge in [0.15, 0.2) is 0 Å². The third kappa shape index (κ3) is 3.96. The average Bonchev–Trinajstić information content (AvgIpc) is 3.38. The Kier molecular flexibility index (Phi) is 4.90. The van der Waals surface area contributed by atoms with Crippen molar-refractivity contribution in [3.05, 3.63) is 18.1 Å². The molecule has 2 aliphatic rings. The summed E-state index contributed by atoms with van der Waals surface area (Å²) in [6.45, 7) is 4.03. The molecule has 1 aromatic rings. The zero-order valence-electron chi connectivity index (χ0n) is 13.3. The van der Waals surface area contributed by atoms with E-state index >= 15 is 0 Å². The highest BCUT2D eigenvalue weighted by atomic mass is 16.5. The van der Waals surface area contributed by atoms with Crippen LogP contribution in [0.25, 0.3) is 0 Å². The van der Waals surface area contributed by atoms with Crippen LogP contribution in [0, 0.1) is 11.8 Å². The lowest BCUT2D eigenvalue weighted by Crippen LogP contribution is -2.37. The van der Waals surface area contributed by atoms with Crippen molar-refractivity contribution in [3.8, 4) is 0 Å². The molecule has 0 bridgehead atoms. The van der Waals surface area contributed by atoms with Crippen molar-refractivity contribution in [2.75, 3.05) is 24.6 Å². The molecule has 1 aliphatic carbocycles. The molecule has 0 radical (unpaired) electrons. The number of aromatic nitrogens is 2. The van der Waals surface area contributed by atoms with Gasteiger partial charge in [0.2, 0.25) is 0 Å². The predicted octanol–water partition coefficient (Wildman–Crippen LogP) is 2.60. The molecule has 0 atom stereocenters. The van der Waals surface area contributed by atoms with E-state index in [2.05, 4.69) is 9.88 Å². The van der Waals surface area contributed by atoms with Crippen LogP contribution in [0.4, 0.5) is 5.82 Å². The molecule has 0 aromatic carbocycles. The first kappa shape index (κ1) is 15.3. The second-order valence-corrected chi connectivity index (χ2v) is 6.36. The zero-order chi connectivity index (χ0) is 15.4. The Morgan fingerprint density at radius 3 is 2.73 bits per heavy atom. The number of aryl methyl sites for hydroxylation is 1. The van der Waals surface area contributed by atoms with Crippen molar-refractivity contribution in [1.29, 1.82) is 0 Å². The fourth-order valence-electron chi connectivity index (χ4n) is 3.03. The van der Waals surface area contributed by atoms with Crippen LogP contribution in [0.3, 0.4) is 0 Å². The number of nitrogens with zero attached hydrogens (tertiary/aromatic N) is 3. The van der Waals surface area contributed by atoms with Crippen molar-refractivity contribution in [2.24, 2.45) is 11.8 Å². The molecule has 2 heterocycles. The number of carbonyl (C=O) groups excluding carboxylic acids is 1. The Hall–Kier alpha value is -1.65. The minimum absolute atomic E-state index is 0.0437. The highest BCUT2D eigenvalue weighted by Gasteiger charge is 2.27. The van der Waals surface area contributed by atoms with Crippen LogP contribution >= 0.6 is 0 Å². The van der Waals surface area contributed by atoms with E-state index in [0.717, 1.165) is 49.8 Å². The Balaban J connectivity index is 1.53. The number of ether oxygens (including phenoxy) is 1. The van der Waals surface area contributed by atoms with Crippen LogP contribution in [0.2, 0.25) is 0 Å². The number of esters is 1. The van der Waals surface area contributed by atoms with Crippen molar-refractivity contribution >= 4 is 11.8 Å². The molecule has 5 heteroatoms. The van der Waals surface area contributed by atoms with Gasteiger partial charge >= 0.3 is 5.97 Å². The van der Waals surface area contributed by atoms with Crippen LogP contribution in [0.5, 0.6) is 0 Å².